The number of benzene rings is 2. The van der Waals surface area contributed by atoms with Gasteiger partial charge in [-0.05, 0) is 41.0 Å². The molecule has 0 saturated heterocycles. The molecule has 2 aromatic carbocycles. The molecule has 17 heavy (non-hydrogen) atoms. The monoisotopic (exact) mass is 248 g/mol. The van der Waals surface area contributed by atoms with Gasteiger partial charge in [-0.3, -0.25) is 0 Å². The van der Waals surface area contributed by atoms with Crippen LogP contribution in [0, 0.1) is 0 Å². The Morgan fingerprint density at radius 3 is 2.76 bits per heavy atom. The van der Waals surface area contributed by atoms with E-state index < -0.39 is 10.0 Å². The van der Waals surface area contributed by atoms with E-state index in [0.717, 1.165) is 29.4 Å². The van der Waals surface area contributed by atoms with Crippen LogP contribution in [0.25, 0.3) is 10.8 Å². The summed E-state index contributed by atoms with van der Waals surface area (Å²) in [6, 6.07) is 8.93. The number of rotatable bonds is 1. The maximum Gasteiger partial charge on any atom is 0.238 e. The summed E-state index contributed by atoms with van der Waals surface area (Å²) in [6.45, 7) is 0.936. The molecule has 0 unspecified atom stereocenters. The minimum absolute atomic E-state index is 0.163. The first kappa shape index (κ1) is 10.6. The second-order valence-electron chi connectivity index (χ2n) is 4.20. The Kier molecular flexibility index (Phi) is 2.14. The van der Waals surface area contributed by atoms with E-state index in [1.54, 1.807) is 12.1 Å². The lowest BCUT2D eigenvalue weighted by atomic mass is 10.0. The first-order valence-electron chi connectivity index (χ1n) is 5.38. The highest BCUT2D eigenvalue weighted by Gasteiger charge is 2.15. The smallest absolute Gasteiger partial charge is 0.238 e. The van der Waals surface area contributed by atoms with E-state index in [0.29, 0.717) is 0 Å². The van der Waals surface area contributed by atoms with E-state index in [1.165, 1.54) is 5.56 Å². The molecule has 3 rings (SSSR count). The van der Waals surface area contributed by atoms with Gasteiger partial charge in [-0.2, -0.15) is 0 Å². The Hall–Kier alpha value is -1.59. The molecule has 1 aliphatic heterocycles. The second kappa shape index (κ2) is 3.45. The van der Waals surface area contributed by atoms with Crippen LogP contribution in [0.3, 0.4) is 0 Å². The van der Waals surface area contributed by atoms with Gasteiger partial charge in [0.15, 0.2) is 0 Å². The zero-order valence-electron chi connectivity index (χ0n) is 9.10. The summed E-state index contributed by atoms with van der Waals surface area (Å²) in [5, 5.41) is 10.4. The van der Waals surface area contributed by atoms with Crippen LogP contribution in [0.1, 0.15) is 5.56 Å². The Morgan fingerprint density at radius 2 is 2.00 bits per heavy atom. The molecule has 0 amide bonds. The van der Waals surface area contributed by atoms with Gasteiger partial charge in [0.1, 0.15) is 0 Å². The molecule has 2 aromatic rings. The molecule has 0 bridgehead atoms. The van der Waals surface area contributed by atoms with Crippen molar-refractivity contribution in [3.63, 3.8) is 0 Å². The predicted octanol–water partition coefficient (Wildman–Crippen LogP) is 1.46. The van der Waals surface area contributed by atoms with E-state index in [2.05, 4.69) is 5.32 Å². The highest BCUT2D eigenvalue weighted by molar-refractivity contribution is 7.89. The molecule has 1 aliphatic rings. The summed E-state index contributed by atoms with van der Waals surface area (Å²) in [6.07, 6.45) is 0.974. The third kappa shape index (κ3) is 1.67. The van der Waals surface area contributed by atoms with Crippen molar-refractivity contribution in [2.75, 3.05) is 11.9 Å². The van der Waals surface area contributed by atoms with Crippen molar-refractivity contribution in [3.05, 3.63) is 35.9 Å². The number of nitrogens with one attached hydrogen (secondary N) is 1. The molecule has 0 radical (unpaired) electrons. The van der Waals surface area contributed by atoms with Crippen LogP contribution in [0.4, 0.5) is 5.69 Å². The summed E-state index contributed by atoms with van der Waals surface area (Å²) >= 11 is 0. The number of hydrogen-bond acceptors (Lipinski definition) is 3. The highest BCUT2D eigenvalue weighted by atomic mass is 32.2. The molecule has 4 nitrogen and oxygen atoms in total. The maximum atomic E-state index is 11.3. The van der Waals surface area contributed by atoms with E-state index in [4.69, 9.17) is 5.14 Å². The van der Waals surface area contributed by atoms with E-state index in [1.807, 2.05) is 18.2 Å². The number of nitrogens with two attached hydrogens (primary N) is 1. The minimum Gasteiger partial charge on any atom is -0.384 e. The first-order chi connectivity index (χ1) is 8.05. The van der Waals surface area contributed by atoms with Gasteiger partial charge in [0.05, 0.1) is 4.90 Å². The van der Waals surface area contributed by atoms with Crippen molar-refractivity contribution in [1.29, 1.82) is 0 Å². The van der Waals surface area contributed by atoms with Crippen LogP contribution in [-0.2, 0) is 16.4 Å². The molecule has 0 atom stereocenters. The van der Waals surface area contributed by atoms with Crippen LogP contribution < -0.4 is 10.5 Å². The molecule has 0 fully saturated rings. The molecule has 1 heterocycles. The van der Waals surface area contributed by atoms with Crippen LogP contribution >= 0.6 is 0 Å². The van der Waals surface area contributed by atoms with Gasteiger partial charge < -0.3 is 5.32 Å². The lowest BCUT2D eigenvalue weighted by Crippen LogP contribution is -2.11. The van der Waals surface area contributed by atoms with E-state index >= 15 is 0 Å². The maximum absolute atomic E-state index is 11.3. The van der Waals surface area contributed by atoms with Crippen molar-refractivity contribution >= 4 is 26.5 Å². The number of sulfonamides is 1. The summed E-state index contributed by atoms with van der Waals surface area (Å²) in [5.74, 6) is 0. The van der Waals surface area contributed by atoms with Crippen molar-refractivity contribution in [1.82, 2.24) is 0 Å². The van der Waals surface area contributed by atoms with Crippen LogP contribution in [-0.4, -0.2) is 15.0 Å². The molecule has 0 spiro atoms. The Bertz CT molecular complexity index is 708. The van der Waals surface area contributed by atoms with Gasteiger partial charge >= 0.3 is 0 Å². The average Bonchev–Trinajstić information content (AvgIpc) is 2.75. The first-order valence-corrected chi connectivity index (χ1v) is 6.93. The lowest BCUT2D eigenvalue weighted by molar-refractivity contribution is 0.598. The summed E-state index contributed by atoms with van der Waals surface area (Å²) < 4.78 is 22.6. The third-order valence-corrected chi connectivity index (χ3v) is 4.03. The quantitative estimate of drug-likeness (QED) is 0.802. The van der Waals surface area contributed by atoms with Gasteiger partial charge in [0, 0.05) is 12.2 Å². The molecule has 0 saturated carbocycles. The van der Waals surface area contributed by atoms with Gasteiger partial charge in [-0.15, -0.1) is 0 Å². The normalized spacial score (nSPS) is 14.6. The number of anilines is 1. The zero-order chi connectivity index (χ0) is 12.0. The minimum atomic E-state index is -3.62. The third-order valence-electron chi connectivity index (χ3n) is 3.12. The summed E-state index contributed by atoms with van der Waals surface area (Å²) in [5.41, 5.74) is 2.39. The van der Waals surface area contributed by atoms with Gasteiger partial charge in [0.2, 0.25) is 10.0 Å². The van der Waals surface area contributed by atoms with Crippen molar-refractivity contribution in [2.24, 2.45) is 5.14 Å². The molecular formula is C12H12N2O2S. The van der Waals surface area contributed by atoms with Crippen LogP contribution in [0.2, 0.25) is 0 Å². The van der Waals surface area contributed by atoms with Gasteiger partial charge in [0.25, 0.3) is 0 Å². The lowest BCUT2D eigenvalue weighted by Gasteiger charge is -2.06. The molecule has 0 aliphatic carbocycles. The fraction of sp³-hybridized carbons (Fsp3) is 0.167. The average molecular weight is 248 g/mol. The van der Waals surface area contributed by atoms with E-state index in [-0.39, 0.29) is 4.90 Å². The Balaban J connectivity index is 2.30. The topological polar surface area (TPSA) is 72.2 Å². The molecular weight excluding hydrogens is 236 g/mol. The standard InChI is InChI=1S/C12H12N2O2S/c13-17(15,16)9-2-3-10-8(7-9)1-4-12-11(10)5-6-14-12/h1-4,7,14H,5-6H2,(H2,13,15,16). The highest BCUT2D eigenvalue weighted by Crippen LogP contribution is 2.31. The number of primary sulfonamides is 1. The van der Waals surface area contributed by atoms with Crippen LogP contribution in [0.15, 0.2) is 35.2 Å². The van der Waals surface area contributed by atoms with E-state index in [9.17, 15) is 8.42 Å². The van der Waals surface area contributed by atoms with Crippen molar-refractivity contribution in [3.8, 4) is 0 Å². The summed E-state index contributed by atoms with van der Waals surface area (Å²) in [7, 11) is -3.62. The molecule has 88 valence electrons. The number of fused-ring (bicyclic) bond motifs is 3. The molecule has 0 aromatic heterocycles. The predicted molar refractivity (Wildman–Crippen MR) is 67.5 cm³/mol. The largest absolute Gasteiger partial charge is 0.384 e. The SMILES string of the molecule is NS(=O)(=O)c1ccc2c3c(ccc2c1)NCC3. The molecule has 5 heteroatoms. The number of hydrogen-bond donors (Lipinski definition) is 2. The van der Waals surface area contributed by atoms with Crippen molar-refractivity contribution < 1.29 is 8.42 Å². The Morgan fingerprint density at radius 1 is 1.18 bits per heavy atom. The Labute approximate surface area is 99.5 Å². The molecule has 3 N–H and O–H groups in total. The fourth-order valence-corrected chi connectivity index (χ4v) is 2.86. The second-order valence-corrected chi connectivity index (χ2v) is 5.76. The summed E-state index contributed by atoms with van der Waals surface area (Å²) in [4.78, 5) is 0.163. The van der Waals surface area contributed by atoms with Gasteiger partial charge in [-0.1, -0.05) is 12.1 Å². The van der Waals surface area contributed by atoms with Crippen molar-refractivity contribution in [2.45, 2.75) is 11.3 Å². The van der Waals surface area contributed by atoms with Crippen LogP contribution in [0.5, 0.6) is 0 Å². The fourth-order valence-electron chi connectivity index (χ4n) is 2.31. The van der Waals surface area contributed by atoms with Gasteiger partial charge in [-0.25, -0.2) is 13.6 Å². The zero-order valence-corrected chi connectivity index (χ0v) is 9.92.